The number of fused-ring (bicyclic) bond motifs is 1. The number of carbonyl (C=O) groups excluding carboxylic acids is 2. The average molecular weight is 459 g/mol. The number of hydrogen-bond acceptors (Lipinski definition) is 4. The minimum absolute atomic E-state index is 0.0223. The normalized spacial score (nSPS) is 14.9. The standard InChI is InChI=1S/C25H18FN3O5/c26-17-7-5-15(6-8-17)12-29-23(30)20(27-25(29)33)11-16-13-28(21-4-2-1-3-19(16)21)14-18-9-10-22(34-18)24(31)32/h1-11,13H,12,14H2,(H,27,33)(H,31,32)/b20-11-. The van der Waals surface area contributed by atoms with Crippen molar-refractivity contribution in [2.45, 2.75) is 13.1 Å². The summed E-state index contributed by atoms with van der Waals surface area (Å²) in [7, 11) is 0. The fourth-order valence-electron chi connectivity index (χ4n) is 3.91. The van der Waals surface area contributed by atoms with Crippen molar-refractivity contribution in [2.24, 2.45) is 0 Å². The van der Waals surface area contributed by atoms with E-state index >= 15 is 0 Å². The number of amides is 3. The van der Waals surface area contributed by atoms with Crippen LogP contribution in [0, 0.1) is 5.82 Å². The van der Waals surface area contributed by atoms with E-state index in [-0.39, 0.29) is 24.5 Å². The maximum Gasteiger partial charge on any atom is 0.371 e. The Morgan fingerprint density at radius 3 is 2.53 bits per heavy atom. The van der Waals surface area contributed by atoms with Crippen LogP contribution in [0.2, 0.25) is 0 Å². The number of furan rings is 1. The van der Waals surface area contributed by atoms with Gasteiger partial charge in [0, 0.05) is 22.7 Å². The van der Waals surface area contributed by atoms with Gasteiger partial charge in [-0.2, -0.15) is 0 Å². The summed E-state index contributed by atoms with van der Waals surface area (Å²) in [6, 6.07) is 15.6. The highest BCUT2D eigenvalue weighted by molar-refractivity contribution is 6.14. The van der Waals surface area contributed by atoms with Crippen LogP contribution in [0.5, 0.6) is 0 Å². The fraction of sp³-hybridized carbons (Fsp3) is 0.0800. The number of aromatic carboxylic acids is 1. The molecule has 1 saturated heterocycles. The zero-order valence-electron chi connectivity index (χ0n) is 17.7. The van der Waals surface area contributed by atoms with Crippen LogP contribution in [-0.4, -0.2) is 32.5 Å². The molecule has 2 aromatic heterocycles. The molecule has 0 spiro atoms. The number of aromatic nitrogens is 1. The van der Waals surface area contributed by atoms with Crippen molar-refractivity contribution in [2.75, 3.05) is 0 Å². The van der Waals surface area contributed by atoms with E-state index in [1.54, 1.807) is 12.1 Å². The molecule has 0 radical (unpaired) electrons. The van der Waals surface area contributed by atoms with Gasteiger partial charge < -0.3 is 19.4 Å². The Hall–Kier alpha value is -4.66. The summed E-state index contributed by atoms with van der Waals surface area (Å²) in [5.74, 6) is -1.70. The first kappa shape index (κ1) is 21.2. The second-order valence-electron chi connectivity index (χ2n) is 7.81. The molecule has 0 atom stereocenters. The molecule has 2 N–H and O–H groups in total. The van der Waals surface area contributed by atoms with Crippen LogP contribution in [-0.2, 0) is 17.9 Å². The van der Waals surface area contributed by atoms with Crippen LogP contribution in [0.4, 0.5) is 9.18 Å². The van der Waals surface area contributed by atoms with Gasteiger partial charge in [-0.05, 0) is 42.0 Å². The largest absolute Gasteiger partial charge is 0.475 e. The quantitative estimate of drug-likeness (QED) is 0.332. The summed E-state index contributed by atoms with van der Waals surface area (Å²) in [6.45, 7) is 0.308. The lowest BCUT2D eigenvalue weighted by molar-refractivity contribution is -0.123. The molecule has 2 aromatic carbocycles. The number of imide groups is 1. The van der Waals surface area contributed by atoms with Crippen molar-refractivity contribution in [3.05, 3.63) is 101 Å². The second kappa shape index (κ2) is 8.36. The number of rotatable bonds is 6. The fourth-order valence-corrected chi connectivity index (χ4v) is 3.91. The van der Waals surface area contributed by atoms with Gasteiger partial charge in [0.2, 0.25) is 5.76 Å². The van der Waals surface area contributed by atoms with Crippen molar-refractivity contribution in [3.8, 4) is 0 Å². The highest BCUT2D eigenvalue weighted by Gasteiger charge is 2.33. The van der Waals surface area contributed by atoms with Gasteiger partial charge in [0.25, 0.3) is 5.91 Å². The third-order valence-electron chi connectivity index (χ3n) is 5.53. The number of urea groups is 1. The summed E-state index contributed by atoms with van der Waals surface area (Å²) in [4.78, 5) is 37.5. The minimum Gasteiger partial charge on any atom is -0.475 e. The van der Waals surface area contributed by atoms with Gasteiger partial charge in [0.1, 0.15) is 17.3 Å². The minimum atomic E-state index is -1.14. The molecule has 0 saturated carbocycles. The van der Waals surface area contributed by atoms with Crippen molar-refractivity contribution in [3.63, 3.8) is 0 Å². The number of halogens is 1. The van der Waals surface area contributed by atoms with Gasteiger partial charge in [0.05, 0.1) is 13.1 Å². The smallest absolute Gasteiger partial charge is 0.371 e. The number of benzene rings is 2. The van der Waals surface area contributed by atoms with E-state index in [0.29, 0.717) is 16.9 Å². The molecule has 0 unspecified atom stereocenters. The van der Waals surface area contributed by atoms with Crippen LogP contribution in [0.3, 0.4) is 0 Å². The van der Waals surface area contributed by atoms with Crippen molar-refractivity contribution >= 4 is 34.9 Å². The van der Waals surface area contributed by atoms with E-state index in [9.17, 15) is 18.8 Å². The van der Waals surface area contributed by atoms with Crippen molar-refractivity contribution in [1.82, 2.24) is 14.8 Å². The van der Waals surface area contributed by atoms with Crippen LogP contribution >= 0.6 is 0 Å². The van der Waals surface area contributed by atoms with Gasteiger partial charge in [-0.15, -0.1) is 0 Å². The predicted octanol–water partition coefficient (Wildman–Crippen LogP) is 4.21. The molecule has 1 aliphatic rings. The molecule has 1 aliphatic heterocycles. The summed E-state index contributed by atoms with van der Waals surface area (Å²) in [5, 5.41) is 12.5. The van der Waals surface area contributed by atoms with Crippen LogP contribution in [0.1, 0.15) is 27.4 Å². The monoisotopic (exact) mass is 459 g/mol. The van der Waals surface area contributed by atoms with Crippen molar-refractivity contribution in [1.29, 1.82) is 0 Å². The van der Waals surface area contributed by atoms with Crippen molar-refractivity contribution < 1.29 is 28.3 Å². The van der Waals surface area contributed by atoms with E-state index in [1.807, 2.05) is 35.0 Å². The number of para-hydroxylation sites is 1. The Labute approximate surface area is 192 Å². The number of nitrogens with zero attached hydrogens (tertiary/aromatic N) is 2. The molecule has 3 amide bonds. The predicted molar refractivity (Wildman–Crippen MR) is 120 cm³/mol. The molecule has 0 bridgehead atoms. The SMILES string of the molecule is O=C(O)c1ccc(Cn2cc(/C=C3\NC(=O)N(Cc4ccc(F)cc4)C3=O)c3ccccc32)o1. The number of carboxylic acid groups (broad SMARTS) is 1. The Balaban J connectivity index is 1.44. The molecule has 8 nitrogen and oxygen atoms in total. The van der Waals surface area contributed by atoms with E-state index in [4.69, 9.17) is 9.52 Å². The molecule has 0 aliphatic carbocycles. The lowest BCUT2D eigenvalue weighted by Crippen LogP contribution is -2.30. The molecular formula is C25H18FN3O5. The first-order valence-electron chi connectivity index (χ1n) is 10.4. The van der Waals surface area contributed by atoms with Crippen LogP contribution in [0.15, 0.2) is 77.0 Å². The first-order valence-corrected chi connectivity index (χ1v) is 10.4. The van der Waals surface area contributed by atoms with E-state index < -0.39 is 23.7 Å². The molecule has 1 fully saturated rings. The number of carboxylic acids is 1. The summed E-state index contributed by atoms with van der Waals surface area (Å²) < 4.78 is 20.4. The topological polar surface area (TPSA) is 105 Å². The van der Waals surface area contributed by atoms with Gasteiger partial charge in [-0.3, -0.25) is 9.69 Å². The van der Waals surface area contributed by atoms with Crippen LogP contribution in [0.25, 0.3) is 17.0 Å². The number of nitrogens with one attached hydrogen (secondary N) is 1. The lowest BCUT2D eigenvalue weighted by Gasteiger charge is -2.11. The Kier molecular flexibility index (Phi) is 5.21. The van der Waals surface area contributed by atoms with Gasteiger partial charge in [0.15, 0.2) is 0 Å². The molecule has 5 rings (SSSR count). The highest BCUT2D eigenvalue weighted by Crippen LogP contribution is 2.26. The number of carbonyl (C=O) groups is 3. The van der Waals surface area contributed by atoms with E-state index in [2.05, 4.69) is 5.32 Å². The summed E-state index contributed by atoms with van der Waals surface area (Å²) in [6.07, 6.45) is 3.41. The van der Waals surface area contributed by atoms with E-state index in [1.165, 1.54) is 30.3 Å². The lowest BCUT2D eigenvalue weighted by atomic mass is 10.1. The Bertz CT molecular complexity index is 1470. The molecular weight excluding hydrogens is 441 g/mol. The maximum absolute atomic E-state index is 13.2. The van der Waals surface area contributed by atoms with E-state index in [0.717, 1.165) is 15.8 Å². The molecule has 4 aromatic rings. The average Bonchev–Trinajstić information content (AvgIpc) is 3.50. The molecule has 3 heterocycles. The van der Waals surface area contributed by atoms with Gasteiger partial charge in [-0.1, -0.05) is 30.3 Å². The summed E-state index contributed by atoms with van der Waals surface area (Å²) >= 11 is 0. The zero-order valence-corrected chi connectivity index (χ0v) is 17.7. The molecule has 34 heavy (non-hydrogen) atoms. The zero-order chi connectivity index (χ0) is 23.8. The maximum atomic E-state index is 13.2. The van der Waals surface area contributed by atoms with Gasteiger partial charge >= 0.3 is 12.0 Å². The number of hydrogen-bond donors (Lipinski definition) is 2. The first-order chi connectivity index (χ1) is 16.4. The third kappa shape index (κ3) is 3.95. The third-order valence-corrected chi connectivity index (χ3v) is 5.53. The molecule has 170 valence electrons. The van der Waals surface area contributed by atoms with Gasteiger partial charge in [-0.25, -0.2) is 14.0 Å². The second-order valence-corrected chi connectivity index (χ2v) is 7.81. The van der Waals surface area contributed by atoms with Crippen LogP contribution < -0.4 is 5.32 Å². The highest BCUT2D eigenvalue weighted by atomic mass is 19.1. The summed E-state index contributed by atoms with van der Waals surface area (Å²) in [5.41, 5.74) is 2.30. The Morgan fingerprint density at radius 2 is 1.79 bits per heavy atom. The Morgan fingerprint density at radius 1 is 1.03 bits per heavy atom. The molecule has 9 heteroatoms.